The van der Waals surface area contributed by atoms with Gasteiger partial charge < -0.3 is 4.74 Å². The van der Waals surface area contributed by atoms with Gasteiger partial charge in [0, 0.05) is 5.69 Å². The Balaban J connectivity index is 2.51. The van der Waals surface area contributed by atoms with Crippen LogP contribution in [0.25, 0.3) is 0 Å². The number of hydrogen-bond donors (Lipinski definition) is 0. The first-order chi connectivity index (χ1) is 9.56. The van der Waals surface area contributed by atoms with Gasteiger partial charge >= 0.3 is 5.97 Å². The molecule has 1 atom stereocenters. The maximum absolute atomic E-state index is 12.1. The molecule has 0 aliphatic rings. The molecule has 0 fully saturated rings. The molecule has 0 aliphatic carbocycles. The molecular weight excluding hydrogens is 274 g/mol. The first-order valence-electron chi connectivity index (χ1n) is 7.44. The molecule has 1 aromatic heterocycles. The summed E-state index contributed by atoms with van der Waals surface area (Å²) in [7, 11) is 0. The molecule has 20 heavy (non-hydrogen) atoms. The lowest BCUT2D eigenvalue weighted by molar-refractivity contribution is 0.0319. The summed E-state index contributed by atoms with van der Waals surface area (Å²) >= 11 is 5.91. The maximum atomic E-state index is 12.1. The summed E-state index contributed by atoms with van der Waals surface area (Å²) in [5.74, 6) is -0.313. The Hall–Kier alpha value is -1.09. The van der Waals surface area contributed by atoms with Crippen LogP contribution in [0.3, 0.4) is 0 Å². The maximum Gasteiger partial charge on any atom is 0.338 e. The number of pyridine rings is 1. The highest BCUT2D eigenvalue weighted by molar-refractivity contribution is 6.29. The lowest BCUT2D eigenvalue weighted by Crippen LogP contribution is -2.15. The molecule has 0 aliphatic heterocycles. The predicted octanol–water partition coefficient (Wildman–Crippen LogP) is 4.81. The summed E-state index contributed by atoms with van der Waals surface area (Å²) in [5, 5.41) is 0.340. The number of ether oxygens (including phenoxy) is 1. The number of rotatable bonds is 8. The summed E-state index contributed by atoms with van der Waals surface area (Å²) in [6, 6.07) is 3.31. The van der Waals surface area contributed by atoms with Crippen LogP contribution in [0, 0.1) is 0 Å². The molecule has 0 saturated carbocycles. The summed E-state index contributed by atoms with van der Waals surface area (Å²) in [6.45, 7) is 6.10. The standard InChI is InChI=1S/C16H24ClNO2/c1-4-6-7-8-9-12(3)20-16(19)13-10-14(5-2)18-15(17)11-13/h10-12H,4-9H2,1-3H3. The third-order valence-corrected chi connectivity index (χ3v) is 3.41. The van der Waals surface area contributed by atoms with E-state index in [-0.39, 0.29) is 12.1 Å². The van der Waals surface area contributed by atoms with Crippen LogP contribution in [-0.2, 0) is 11.2 Å². The van der Waals surface area contributed by atoms with E-state index in [4.69, 9.17) is 16.3 Å². The lowest BCUT2D eigenvalue weighted by atomic mass is 10.1. The molecule has 112 valence electrons. The van der Waals surface area contributed by atoms with E-state index in [1.807, 2.05) is 13.8 Å². The topological polar surface area (TPSA) is 39.2 Å². The zero-order valence-corrected chi connectivity index (χ0v) is 13.4. The molecule has 1 aromatic rings. The molecule has 0 spiro atoms. The number of carbonyl (C=O) groups excluding carboxylic acids is 1. The van der Waals surface area contributed by atoms with Crippen LogP contribution in [-0.4, -0.2) is 17.1 Å². The molecule has 0 N–H and O–H groups in total. The molecule has 0 amide bonds. The van der Waals surface area contributed by atoms with E-state index in [1.54, 1.807) is 12.1 Å². The van der Waals surface area contributed by atoms with Crippen molar-refractivity contribution >= 4 is 17.6 Å². The van der Waals surface area contributed by atoms with Crippen molar-refractivity contribution in [3.05, 3.63) is 28.5 Å². The second kappa shape index (κ2) is 8.96. The minimum atomic E-state index is -0.313. The second-order valence-corrected chi connectivity index (χ2v) is 5.48. The fourth-order valence-corrected chi connectivity index (χ4v) is 2.24. The van der Waals surface area contributed by atoms with Gasteiger partial charge in [-0.3, -0.25) is 0 Å². The van der Waals surface area contributed by atoms with Crippen molar-refractivity contribution in [1.82, 2.24) is 4.98 Å². The van der Waals surface area contributed by atoms with E-state index >= 15 is 0 Å². The fourth-order valence-electron chi connectivity index (χ4n) is 2.02. The summed E-state index contributed by atoms with van der Waals surface area (Å²) in [5.41, 5.74) is 1.29. The highest BCUT2D eigenvalue weighted by Gasteiger charge is 2.13. The number of aromatic nitrogens is 1. The number of carbonyl (C=O) groups is 1. The number of hydrogen-bond acceptors (Lipinski definition) is 3. The van der Waals surface area contributed by atoms with Gasteiger partial charge in [-0.25, -0.2) is 9.78 Å². The van der Waals surface area contributed by atoms with Crippen molar-refractivity contribution in [2.75, 3.05) is 0 Å². The molecule has 0 radical (unpaired) electrons. The Morgan fingerprint density at radius 1 is 1.30 bits per heavy atom. The van der Waals surface area contributed by atoms with E-state index in [1.165, 1.54) is 19.3 Å². The molecule has 1 heterocycles. The summed E-state index contributed by atoms with van der Waals surface area (Å²) in [6.07, 6.45) is 6.33. The van der Waals surface area contributed by atoms with E-state index in [9.17, 15) is 4.79 Å². The predicted molar refractivity (Wildman–Crippen MR) is 82.3 cm³/mol. The van der Waals surface area contributed by atoms with Gasteiger partial charge in [0.25, 0.3) is 0 Å². The molecule has 1 unspecified atom stereocenters. The first-order valence-corrected chi connectivity index (χ1v) is 7.82. The Labute approximate surface area is 126 Å². The van der Waals surface area contributed by atoms with Crippen LogP contribution >= 0.6 is 11.6 Å². The highest BCUT2D eigenvalue weighted by Crippen LogP contribution is 2.15. The Morgan fingerprint density at radius 3 is 2.70 bits per heavy atom. The second-order valence-electron chi connectivity index (χ2n) is 5.09. The fraction of sp³-hybridized carbons (Fsp3) is 0.625. The number of unbranched alkanes of at least 4 members (excludes halogenated alkanes) is 3. The molecule has 3 nitrogen and oxygen atoms in total. The third kappa shape index (κ3) is 5.91. The van der Waals surface area contributed by atoms with Gasteiger partial charge in [0.15, 0.2) is 0 Å². The quantitative estimate of drug-likeness (QED) is 0.392. The first kappa shape index (κ1) is 17.0. The lowest BCUT2D eigenvalue weighted by Gasteiger charge is -2.13. The Bertz CT molecular complexity index is 434. The zero-order valence-electron chi connectivity index (χ0n) is 12.6. The van der Waals surface area contributed by atoms with Gasteiger partial charge in [0.05, 0.1) is 11.7 Å². The van der Waals surface area contributed by atoms with Gasteiger partial charge in [-0.05, 0) is 38.3 Å². The highest BCUT2D eigenvalue weighted by atomic mass is 35.5. The molecule has 0 bridgehead atoms. The average molecular weight is 298 g/mol. The normalized spacial score (nSPS) is 12.2. The van der Waals surface area contributed by atoms with Crippen molar-refractivity contribution in [1.29, 1.82) is 0 Å². The molecule has 0 aromatic carbocycles. The van der Waals surface area contributed by atoms with Crippen LogP contribution in [0.2, 0.25) is 5.15 Å². The minimum Gasteiger partial charge on any atom is -0.459 e. The van der Waals surface area contributed by atoms with Crippen LogP contribution in [0.5, 0.6) is 0 Å². The molecule has 4 heteroatoms. The third-order valence-electron chi connectivity index (χ3n) is 3.22. The minimum absolute atomic E-state index is 0.0589. The monoisotopic (exact) mass is 297 g/mol. The molecule has 0 saturated heterocycles. The van der Waals surface area contributed by atoms with Crippen molar-refractivity contribution in [2.45, 2.75) is 65.4 Å². The van der Waals surface area contributed by atoms with Crippen molar-refractivity contribution in [3.63, 3.8) is 0 Å². The van der Waals surface area contributed by atoms with Crippen LogP contribution in [0.15, 0.2) is 12.1 Å². The van der Waals surface area contributed by atoms with Crippen LogP contribution in [0.1, 0.15) is 68.9 Å². The van der Waals surface area contributed by atoms with E-state index < -0.39 is 0 Å². The van der Waals surface area contributed by atoms with E-state index in [2.05, 4.69) is 11.9 Å². The van der Waals surface area contributed by atoms with E-state index in [0.717, 1.165) is 25.0 Å². The Kier molecular flexibility index (Phi) is 7.60. The van der Waals surface area contributed by atoms with Crippen molar-refractivity contribution < 1.29 is 9.53 Å². The van der Waals surface area contributed by atoms with Gasteiger partial charge in [-0.2, -0.15) is 0 Å². The number of nitrogens with zero attached hydrogens (tertiary/aromatic N) is 1. The van der Waals surface area contributed by atoms with Gasteiger partial charge in [0.2, 0.25) is 0 Å². The zero-order chi connectivity index (χ0) is 15.0. The Morgan fingerprint density at radius 2 is 2.05 bits per heavy atom. The van der Waals surface area contributed by atoms with Gasteiger partial charge in [0.1, 0.15) is 5.15 Å². The average Bonchev–Trinajstić information content (AvgIpc) is 2.42. The van der Waals surface area contributed by atoms with Crippen molar-refractivity contribution in [3.8, 4) is 0 Å². The molecule has 1 rings (SSSR count). The molecular formula is C16H24ClNO2. The number of aryl methyl sites for hydroxylation is 1. The van der Waals surface area contributed by atoms with Gasteiger partial charge in [-0.1, -0.05) is 44.7 Å². The smallest absolute Gasteiger partial charge is 0.338 e. The largest absolute Gasteiger partial charge is 0.459 e. The van der Waals surface area contributed by atoms with Crippen LogP contribution in [0.4, 0.5) is 0 Å². The number of halogens is 1. The van der Waals surface area contributed by atoms with Crippen LogP contribution < -0.4 is 0 Å². The van der Waals surface area contributed by atoms with Gasteiger partial charge in [-0.15, -0.1) is 0 Å². The SMILES string of the molecule is CCCCCCC(C)OC(=O)c1cc(Cl)nc(CC)c1. The number of esters is 1. The summed E-state index contributed by atoms with van der Waals surface area (Å²) < 4.78 is 5.45. The summed E-state index contributed by atoms with van der Waals surface area (Å²) in [4.78, 5) is 16.2. The van der Waals surface area contributed by atoms with Crippen molar-refractivity contribution in [2.24, 2.45) is 0 Å². The van der Waals surface area contributed by atoms with E-state index in [0.29, 0.717) is 10.7 Å².